The molecule has 19 heavy (non-hydrogen) atoms. The van der Waals surface area contributed by atoms with Gasteiger partial charge in [0, 0.05) is 11.1 Å². The number of carbonyl (C=O) groups excluding carboxylic acids is 1. The van der Waals surface area contributed by atoms with E-state index in [1.807, 2.05) is 38.1 Å². The molecule has 5 nitrogen and oxygen atoms in total. The lowest BCUT2D eigenvalue weighted by molar-refractivity contribution is -0.128. The summed E-state index contributed by atoms with van der Waals surface area (Å²) in [5.74, 6) is 5.60. The van der Waals surface area contributed by atoms with E-state index < -0.39 is 5.41 Å². The van der Waals surface area contributed by atoms with E-state index >= 15 is 0 Å². The van der Waals surface area contributed by atoms with E-state index in [1.165, 1.54) is 11.8 Å². The summed E-state index contributed by atoms with van der Waals surface area (Å²) in [6.45, 7) is 3.71. The second kappa shape index (κ2) is 5.54. The van der Waals surface area contributed by atoms with Gasteiger partial charge in [-0.15, -0.1) is 11.8 Å². The van der Waals surface area contributed by atoms with Crippen LogP contribution in [0, 0.1) is 5.41 Å². The molecule has 0 aliphatic heterocycles. The van der Waals surface area contributed by atoms with Gasteiger partial charge >= 0.3 is 0 Å². The van der Waals surface area contributed by atoms with Gasteiger partial charge in [-0.05, 0) is 6.07 Å². The van der Waals surface area contributed by atoms with Gasteiger partial charge in [0.1, 0.15) is 11.4 Å². The third kappa shape index (κ3) is 3.02. The van der Waals surface area contributed by atoms with Gasteiger partial charge in [-0.3, -0.25) is 10.2 Å². The highest BCUT2D eigenvalue weighted by molar-refractivity contribution is 7.99. The standard InChI is InChI=1S/C13H16N4OS/c1-13(2,12(18)17-14)7-19-11-9-5-3-4-6-10(9)15-8-16-11/h3-6,8H,7,14H2,1-2H3,(H,17,18). The van der Waals surface area contributed by atoms with Crippen molar-refractivity contribution in [2.45, 2.75) is 18.9 Å². The van der Waals surface area contributed by atoms with Gasteiger partial charge in [-0.25, -0.2) is 15.8 Å². The van der Waals surface area contributed by atoms with E-state index in [0.29, 0.717) is 5.75 Å². The van der Waals surface area contributed by atoms with E-state index in [-0.39, 0.29) is 5.91 Å². The molecule has 1 heterocycles. The Morgan fingerprint density at radius 2 is 2.11 bits per heavy atom. The molecule has 2 aromatic rings. The summed E-state index contributed by atoms with van der Waals surface area (Å²) in [6.07, 6.45) is 1.54. The maximum Gasteiger partial charge on any atom is 0.240 e. The van der Waals surface area contributed by atoms with E-state index in [4.69, 9.17) is 5.84 Å². The Morgan fingerprint density at radius 3 is 2.84 bits per heavy atom. The lowest BCUT2D eigenvalue weighted by Crippen LogP contribution is -2.42. The fourth-order valence-electron chi connectivity index (χ4n) is 1.60. The van der Waals surface area contributed by atoms with Crippen molar-refractivity contribution < 1.29 is 4.79 Å². The molecule has 2 rings (SSSR count). The van der Waals surface area contributed by atoms with Crippen LogP contribution in [0.2, 0.25) is 0 Å². The number of nitrogens with one attached hydrogen (secondary N) is 1. The highest BCUT2D eigenvalue weighted by Gasteiger charge is 2.27. The zero-order chi connectivity index (χ0) is 13.9. The average molecular weight is 276 g/mol. The number of hydrazine groups is 1. The Morgan fingerprint density at radius 1 is 1.37 bits per heavy atom. The van der Waals surface area contributed by atoms with Gasteiger partial charge in [0.25, 0.3) is 0 Å². The topological polar surface area (TPSA) is 80.9 Å². The predicted molar refractivity (Wildman–Crippen MR) is 76.4 cm³/mol. The largest absolute Gasteiger partial charge is 0.294 e. The monoisotopic (exact) mass is 276 g/mol. The molecule has 0 fully saturated rings. The molecule has 0 aliphatic carbocycles. The van der Waals surface area contributed by atoms with Crippen molar-refractivity contribution in [1.82, 2.24) is 15.4 Å². The molecule has 6 heteroatoms. The summed E-state index contributed by atoms with van der Waals surface area (Å²) in [6, 6.07) is 7.82. The number of benzene rings is 1. The molecule has 0 saturated carbocycles. The van der Waals surface area contributed by atoms with Gasteiger partial charge in [0.05, 0.1) is 10.9 Å². The number of hydrogen-bond acceptors (Lipinski definition) is 5. The summed E-state index contributed by atoms with van der Waals surface area (Å²) < 4.78 is 0. The van der Waals surface area contributed by atoms with Crippen molar-refractivity contribution >= 4 is 28.6 Å². The molecule has 1 aromatic carbocycles. The van der Waals surface area contributed by atoms with Crippen LogP contribution in [0.1, 0.15) is 13.8 Å². The second-order valence-corrected chi connectivity index (χ2v) is 5.81. The maximum absolute atomic E-state index is 11.6. The molecule has 0 saturated heterocycles. The first-order valence-electron chi connectivity index (χ1n) is 5.88. The molecule has 0 spiro atoms. The molecule has 0 radical (unpaired) electrons. The fourth-order valence-corrected chi connectivity index (χ4v) is 2.68. The molecule has 0 aliphatic rings. The Bertz CT molecular complexity index is 595. The summed E-state index contributed by atoms with van der Waals surface area (Å²) in [5, 5.41) is 1.88. The van der Waals surface area contributed by atoms with Crippen molar-refractivity contribution in [2.75, 3.05) is 5.75 Å². The summed E-state index contributed by atoms with van der Waals surface area (Å²) in [5.41, 5.74) is 2.55. The molecular weight excluding hydrogens is 260 g/mol. The zero-order valence-electron chi connectivity index (χ0n) is 10.9. The third-order valence-corrected chi connectivity index (χ3v) is 4.29. The van der Waals surface area contributed by atoms with Crippen molar-refractivity contribution in [3.8, 4) is 0 Å². The van der Waals surface area contributed by atoms with Gasteiger partial charge in [-0.1, -0.05) is 32.0 Å². The highest BCUT2D eigenvalue weighted by atomic mass is 32.2. The Balaban J connectivity index is 2.21. The van der Waals surface area contributed by atoms with Crippen LogP contribution < -0.4 is 11.3 Å². The Kier molecular flexibility index (Phi) is 4.01. The molecule has 1 aromatic heterocycles. The first-order chi connectivity index (χ1) is 9.04. The smallest absolute Gasteiger partial charge is 0.240 e. The zero-order valence-corrected chi connectivity index (χ0v) is 11.7. The quantitative estimate of drug-likeness (QED) is 0.292. The molecule has 3 N–H and O–H groups in total. The van der Waals surface area contributed by atoms with Crippen LogP contribution in [0.3, 0.4) is 0 Å². The predicted octanol–water partition coefficient (Wildman–Crippen LogP) is 1.74. The van der Waals surface area contributed by atoms with E-state index in [2.05, 4.69) is 15.4 Å². The third-order valence-electron chi connectivity index (χ3n) is 2.82. The number of fused-ring (bicyclic) bond motifs is 1. The minimum absolute atomic E-state index is 0.182. The molecule has 0 unspecified atom stereocenters. The summed E-state index contributed by atoms with van der Waals surface area (Å²) in [7, 11) is 0. The summed E-state index contributed by atoms with van der Waals surface area (Å²) >= 11 is 1.53. The first-order valence-corrected chi connectivity index (χ1v) is 6.87. The summed E-state index contributed by atoms with van der Waals surface area (Å²) in [4.78, 5) is 20.1. The lowest BCUT2D eigenvalue weighted by Gasteiger charge is -2.21. The number of aromatic nitrogens is 2. The second-order valence-electron chi connectivity index (χ2n) is 4.84. The normalized spacial score (nSPS) is 11.5. The Labute approximate surface area is 116 Å². The SMILES string of the molecule is CC(C)(CSc1ncnc2ccccc12)C(=O)NN. The van der Waals surface area contributed by atoms with E-state index in [9.17, 15) is 4.79 Å². The average Bonchev–Trinajstić information content (AvgIpc) is 2.44. The first kappa shape index (κ1) is 13.8. The van der Waals surface area contributed by atoms with Gasteiger partial charge in [0.2, 0.25) is 5.91 Å². The lowest BCUT2D eigenvalue weighted by atomic mass is 9.96. The van der Waals surface area contributed by atoms with Crippen molar-refractivity contribution in [3.63, 3.8) is 0 Å². The molecule has 0 bridgehead atoms. The number of nitrogens with two attached hydrogens (primary N) is 1. The van der Waals surface area contributed by atoms with Crippen molar-refractivity contribution in [1.29, 1.82) is 0 Å². The molecular formula is C13H16N4OS. The van der Waals surface area contributed by atoms with Crippen LogP contribution in [0.15, 0.2) is 35.6 Å². The van der Waals surface area contributed by atoms with E-state index in [0.717, 1.165) is 15.9 Å². The number of hydrogen-bond donors (Lipinski definition) is 2. The molecule has 100 valence electrons. The number of para-hydroxylation sites is 1. The number of rotatable bonds is 4. The van der Waals surface area contributed by atoms with Crippen molar-refractivity contribution in [2.24, 2.45) is 11.3 Å². The van der Waals surface area contributed by atoms with Crippen LogP contribution in [0.25, 0.3) is 10.9 Å². The molecule has 1 amide bonds. The van der Waals surface area contributed by atoms with Crippen LogP contribution in [0.4, 0.5) is 0 Å². The van der Waals surface area contributed by atoms with Gasteiger partial charge in [-0.2, -0.15) is 0 Å². The van der Waals surface area contributed by atoms with Crippen LogP contribution in [0.5, 0.6) is 0 Å². The van der Waals surface area contributed by atoms with Gasteiger partial charge < -0.3 is 0 Å². The minimum atomic E-state index is -0.550. The fraction of sp³-hybridized carbons (Fsp3) is 0.308. The maximum atomic E-state index is 11.6. The number of thioether (sulfide) groups is 1. The minimum Gasteiger partial charge on any atom is -0.294 e. The van der Waals surface area contributed by atoms with Gasteiger partial charge in [0.15, 0.2) is 0 Å². The highest BCUT2D eigenvalue weighted by Crippen LogP contribution is 2.30. The van der Waals surface area contributed by atoms with Crippen molar-refractivity contribution in [3.05, 3.63) is 30.6 Å². The van der Waals surface area contributed by atoms with Crippen LogP contribution in [-0.4, -0.2) is 21.6 Å². The molecule has 0 atom stereocenters. The van der Waals surface area contributed by atoms with Crippen LogP contribution in [-0.2, 0) is 4.79 Å². The number of carbonyl (C=O) groups is 1. The number of amides is 1. The Hall–Kier alpha value is -1.66. The van der Waals surface area contributed by atoms with Crippen LogP contribution >= 0.6 is 11.8 Å². The van der Waals surface area contributed by atoms with E-state index in [1.54, 1.807) is 6.33 Å². The number of nitrogens with zero attached hydrogens (tertiary/aromatic N) is 2.